The molecule has 32 heavy (non-hydrogen) atoms. The molecule has 0 aliphatic heterocycles. The number of halogens is 1. The number of rotatable bonds is 12. The SMILES string of the molecule is CCCCNC(=O)[C@H](C)N(Cc1cccc(Br)c1)C(=O)CSCc1ccc([N+](=O)[O-])cc1. The molecule has 7 nitrogen and oxygen atoms in total. The highest BCUT2D eigenvalue weighted by Gasteiger charge is 2.26. The first-order valence-electron chi connectivity index (χ1n) is 10.4. The lowest BCUT2D eigenvalue weighted by Crippen LogP contribution is -2.48. The molecule has 0 aliphatic carbocycles. The predicted octanol–water partition coefficient (Wildman–Crippen LogP) is 4.92. The number of nitrogens with zero attached hydrogens (tertiary/aromatic N) is 2. The molecule has 0 saturated carbocycles. The van der Waals surface area contributed by atoms with Crippen LogP contribution in [-0.4, -0.2) is 40.0 Å². The fourth-order valence-corrected chi connectivity index (χ4v) is 4.32. The van der Waals surface area contributed by atoms with E-state index in [1.54, 1.807) is 24.0 Å². The summed E-state index contributed by atoms with van der Waals surface area (Å²) in [6.07, 6.45) is 1.87. The van der Waals surface area contributed by atoms with Crippen LogP contribution < -0.4 is 5.32 Å². The third-order valence-corrected chi connectivity index (χ3v) is 6.36. The number of nitro benzene ring substituents is 1. The Morgan fingerprint density at radius 3 is 2.53 bits per heavy atom. The van der Waals surface area contributed by atoms with Gasteiger partial charge >= 0.3 is 0 Å². The number of benzene rings is 2. The summed E-state index contributed by atoms with van der Waals surface area (Å²) >= 11 is 4.87. The standard InChI is InChI=1S/C23H28BrN3O4S/c1-3-4-12-25-23(29)17(2)26(14-19-6-5-7-20(24)13-19)22(28)16-32-15-18-8-10-21(11-9-18)27(30)31/h5-11,13,17H,3-4,12,14-16H2,1-2H3,(H,25,29)/t17-/m0/s1. The van der Waals surface area contributed by atoms with E-state index in [0.29, 0.717) is 18.8 Å². The predicted molar refractivity (Wildman–Crippen MR) is 131 cm³/mol. The van der Waals surface area contributed by atoms with Crippen LogP contribution in [0.15, 0.2) is 53.0 Å². The Labute approximate surface area is 201 Å². The summed E-state index contributed by atoms with van der Waals surface area (Å²) in [6, 6.07) is 13.4. The van der Waals surface area contributed by atoms with Crippen LogP contribution in [-0.2, 0) is 21.9 Å². The Bertz CT molecular complexity index is 924. The maximum Gasteiger partial charge on any atom is 0.269 e. The summed E-state index contributed by atoms with van der Waals surface area (Å²) < 4.78 is 0.912. The molecule has 2 amide bonds. The Morgan fingerprint density at radius 1 is 1.19 bits per heavy atom. The summed E-state index contributed by atoms with van der Waals surface area (Å²) in [6.45, 7) is 4.73. The number of hydrogen-bond donors (Lipinski definition) is 1. The average Bonchev–Trinajstić information content (AvgIpc) is 2.77. The molecular formula is C23H28BrN3O4S. The fourth-order valence-electron chi connectivity index (χ4n) is 3.00. The summed E-state index contributed by atoms with van der Waals surface area (Å²) in [5.41, 5.74) is 1.87. The zero-order valence-corrected chi connectivity index (χ0v) is 20.7. The normalized spacial score (nSPS) is 11.6. The number of nitro groups is 1. The van der Waals surface area contributed by atoms with E-state index in [9.17, 15) is 19.7 Å². The van der Waals surface area contributed by atoms with Crippen molar-refractivity contribution < 1.29 is 14.5 Å². The number of carbonyl (C=O) groups is 2. The number of carbonyl (C=O) groups excluding carboxylic acids is 2. The van der Waals surface area contributed by atoms with E-state index in [2.05, 4.69) is 28.2 Å². The van der Waals surface area contributed by atoms with Crippen LogP contribution in [0, 0.1) is 10.1 Å². The maximum absolute atomic E-state index is 13.1. The van der Waals surface area contributed by atoms with Gasteiger partial charge in [0.2, 0.25) is 11.8 Å². The van der Waals surface area contributed by atoms with Gasteiger partial charge in [-0.25, -0.2) is 0 Å². The Morgan fingerprint density at radius 2 is 1.91 bits per heavy atom. The molecule has 0 fully saturated rings. The second-order valence-corrected chi connectivity index (χ2v) is 9.29. The van der Waals surface area contributed by atoms with Crippen molar-refractivity contribution in [2.45, 2.75) is 45.0 Å². The van der Waals surface area contributed by atoms with Crippen molar-refractivity contribution in [3.8, 4) is 0 Å². The van der Waals surface area contributed by atoms with Gasteiger partial charge < -0.3 is 10.2 Å². The van der Waals surface area contributed by atoms with Gasteiger partial charge in [0.05, 0.1) is 10.7 Å². The zero-order chi connectivity index (χ0) is 23.5. The first-order valence-corrected chi connectivity index (χ1v) is 12.4. The van der Waals surface area contributed by atoms with Crippen molar-refractivity contribution in [3.63, 3.8) is 0 Å². The second-order valence-electron chi connectivity index (χ2n) is 7.39. The number of non-ortho nitro benzene ring substituents is 1. The molecule has 9 heteroatoms. The number of thioether (sulfide) groups is 1. The lowest BCUT2D eigenvalue weighted by atomic mass is 10.1. The van der Waals surface area contributed by atoms with Crippen LogP contribution in [0.3, 0.4) is 0 Å². The Kier molecular flexibility index (Phi) is 10.7. The van der Waals surface area contributed by atoms with Crippen molar-refractivity contribution in [1.29, 1.82) is 0 Å². The Balaban J connectivity index is 2.03. The summed E-state index contributed by atoms with van der Waals surface area (Å²) in [4.78, 5) is 37.6. The van der Waals surface area contributed by atoms with Crippen LogP contribution >= 0.6 is 27.7 Å². The van der Waals surface area contributed by atoms with Gasteiger partial charge in [0.15, 0.2) is 0 Å². The minimum Gasteiger partial charge on any atom is -0.354 e. The van der Waals surface area contributed by atoms with Crippen molar-refractivity contribution >= 4 is 45.2 Å². The van der Waals surface area contributed by atoms with E-state index >= 15 is 0 Å². The van der Waals surface area contributed by atoms with Crippen LogP contribution in [0.4, 0.5) is 5.69 Å². The molecule has 0 bridgehead atoms. The topological polar surface area (TPSA) is 92.6 Å². The molecule has 0 unspecified atom stereocenters. The van der Waals surface area contributed by atoms with Gasteiger partial charge in [-0.15, -0.1) is 11.8 Å². The maximum atomic E-state index is 13.1. The highest BCUT2D eigenvalue weighted by atomic mass is 79.9. The lowest BCUT2D eigenvalue weighted by molar-refractivity contribution is -0.384. The molecular weight excluding hydrogens is 494 g/mol. The molecule has 0 radical (unpaired) electrons. The van der Waals surface area contributed by atoms with Crippen molar-refractivity contribution in [1.82, 2.24) is 10.2 Å². The van der Waals surface area contributed by atoms with Gasteiger partial charge in [-0.2, -0.15) is 0 Å². The van der Waals surface area contributed by atoms with Gasteiger partial charge in [-0.05, 0) is 36.6 Å². The van der Waals surface area contributed by atoms with Crippen LogP contribution in [0.1, 0.15) is 37.8 Å². The molecule has 172 valence electrons. The molecule has 1 atom stereocenters. The molecule has 0 aromatic heterocycles. The van der Waals surface area contributed by atoms with Gasteiger partial charge in [0.1, 0.15) is 6.04 Å². The molecule has 0 heterocycles. The van der Waals surface area contributed by atoms with Crippen molar-refractivity contribution in [2.24, 2.45) is 0 Å². The first kappa shape index (κ1) is 25.9. The van der Waals surface area contributed by atoms with Crippen LogP contribution in [0.25, 0.3) is 0 Å². The van der Waals surface area contributed by atoms with E-state index in [-0.39, 0.29) is 23.3 Å². The molecule has 2 rings (SSSR count). The first-order chi connectivity index (χ1) is 15.3. The van der Waals surface area contributed by atoms with E-state index in [4.69, 9.17) is 0 Å². The van der Waals surface area contributed by atoms with Gasteiger partial charge in [0, 0.05) is 35.4 Å². The van der Waals surface area contributed by atoms with E-state index in [1.807, 2.05) is 24.3 Å². The third-order valence-electron chi connectivity index (χ3n) is 4.88. The number of unbranched alkanes of at least 4 members (excludes halogenated alkanes) is 1. The van der Waals surface area contributed by atoms with Crippen molar-refractivity contribution in [2.75, 3.05) is 12.3 Å². The minimum absolute atomic E-state index is 0.0398. The summed E-state index contributed by atoms with van der Waals surface area (Å²) in [7, 11) is 0. The van der Waals surface area contributed by atoms with E-state index in [1.165, 1.54) is 23.9 Å². The zero-order valence-electron chi connectivity index (χ0n) is 18.3. The quantitative estimate of drug-likeness (QED) is 0.243. The third kappa shape index (κ3) is 8.27. The molecule has 1 N–H and O–H groups in total. The van der Waals surface area contributed by atoms with Gasteiger partial charge in [-0.1, -0.05) is 53.5 Å². The average molecular weight is 522 g/mol. The lowest BCUT2D eigenvalue weighted by Gasteiger charge is -2.29. The summed E-state index contributed by atoms with van der Waals surface area (Å²) in [5.74, 6) is 0.459. The molecule has 0 spiro atoms. The number of nitrogens with one attached hydrogen (secondary N) is 1. The highest BCUT2D eigenvalue weighted by Crippen LogP contribution is 2.19. The molecule has 0 aliphatic rings. The number of amides is 2. The van der Waals surface area contributed by atoms with Crippen LogP contribution in [0.5, 0.6) is 0 Å². The summed E-state index contributed by atoms with van der Waals surface area (Å²) in [5, 5.41) is 13.7. The molecule has 2 aromatic rings. The van der Waals surface area contributed by atoms with Crippen molar-refractivity contribution in [3.05, 3.63) is 74.2 Å². The monoisotopic (exact) mass is 521 g/mol. The highest BCUT2D eigenvalue weighted by molar-refractivity contribution is 9.10. The largest absolute Gasteiger partial charge is 0.354 e. The fraction of sp³-hybridized carbons (Fsp3) is 0.391. The second kappa shape index (κ2) is 13.2. The van der Waals surface area contributed by atoms with E-state index in [0.717, 1.165) is 28.4 Å². The minimum atomic E-state index is -0.599. The van der Waals surface area contributed by atoms with E-state index < -0.39 is 11.0 Å². The Hall–Kier alpha value is -2.39. The molecule has 2 aromatic carbocycles. The molecule has 0 saturated heterocycles. The smallest absolute Gasteiger partial charge is 0.269 e. The van der Waals surface area contributed by atoms with Gasteiger partial charge in [0.25, 0.3) is 5.69 Å². The van der Waals surface area contributed by atoms with Gasteiger partial charge in [-0.3, -0.25) is 19.7 Å². The number of hydrogen-bond acceptors (Lipinski definition) is 5. The van der Waals surface area contributed by atoms with Crippen LogP contribution in [0.2, 0.25) is 0 Å².